The maximum Gasteiger partial charge on any atom is 0.165 e. The number of sulfone groups is 1. The van der Waals surface area contributed by atoms with Crippen molar-refractivity contribution in [3.63, 3.8) is 0 Å². The zero-order valence-electron chi connectivity index (χ0n) is 5.09. The average Bonchev–Trinajstić information content (AvgIpc) is 1.67. The molecule has 0 aliphatic rings. The lowest BCUT2D eigenvalue weighted by Gasteiger charge is -2.01. The van der Waals surface area contributed by atoms with Gasteiger partial charge in [-0.2, -0.15) is 0 Å². The Balaban J connectivity index is 4.17. The highest BCUT2D eigenvalue weighted by Gasteiger charge is 2.11. The van der Waals surface area contributed by atoms with E-state index in [4.69, 9.17) is 5.73 Å². The fraction of sp³-hybridized carbons (Fsp3) is 1.00. The molecule has 0 aromatic carbocycles. The average molecular weight is 137 g/mol. The lowest BCUT2D eigenvalue weighted by Crippen LogP contribution is -2.22. The van der Waals surface area contributed by atoms with Crippen molar-refractivity contribution in [2.24, 2.45) is 5.73 Å². The Morgan fingerprint density at radius 2 is 1.88 bits per heavy atom. The van der Waals surface area contributed by atoms with E-state index >= 15 is 0 Å². The molecule has 0 aromatic heterocycles. The molecule has 0 aromatic rings. The van der Waals surface area contributed by atoms with Crippen LogP contribution in [0.2, 0.25) is 0 Å². The molecule has 4 heteroatoms. The second-order valence-corrected chi connectivity index (χ2v) is 4.48. The zero-order chi connectivity index (χ0) is 6.78. The summed E-state index contributed by atoms with van der Waals surface area (Å²) in [6.07, 6.45) is 0. The van der Waals surface area contributed by atoms with E-state index in [0.29, 0.717) is 0 Å². The molecule has 50 valence electrons. The topological polar surface area (TPSA) is 60.2 Å². The Hall–Kier alpha value is -0.0900. The number of hydrogen-bond acceptors (Lipinski definition) is 3. The van der Waals surface area contributed by atoms with Crippen molar-refractivity contribution in [3.05, 3.63) is 0 Å². The van der Waals surface area contributed by atoms with Crippen molar-refractivity contribution in [2.45, 2.75) is 19.1 Å². The normalized spacial score (nSPS) is 12.5. The molecule has 0 bridgehead atoms. The fourth-order valence-corrected chi connectivity index (χ4v) is 0.577. The van der Waals surface area contributed by atoms with Gasteiger partial charge in [0.05, 0.1) is 11.1 Å². The number of nitrogens with two attached hydrogens (primary N) is 1. The van der Waals surface area contributed by atoms with E-state index in [2.05, 4.69) is 0 Å². The summed E-state index contributed by atoms with van der Waals surface area (Å²) in [5, 5.41) is -0.340. The van der Waals surface area contributed by atoms with Gasteiger partial charge in [0, 0.05) is 0 Å². The predicted octanol–water partition coefficient (Wildman–Crippen LogP) is -0.274. The van der Waals surface area contributed by atoms with Crippen molar-refractivity contribution >= 4 is 9.84 Å². The van der Waals surface area contributed by atoms with Crippen molar-refractivity contribution in [1.29, 1.82) is 0 Å². The van der Waals surface area contributed by atoms with Gasteiger partial charge in [0.2, 0.25) is 0 Å². The van der Waals surface area contributed by atoms with Crippen LogP contribution in [0.1, 0.15) is 13.8 Å². The molecule has 2 N–H and O–H groups in total. The zero-order valence-corrected chi connectivity index (χ0v) is 5.90. The molecule has 0 saturated heterocycles. The third-order valence-corrected chi connectivity index (χ3v) is 2.85. The minimum absolute atomic E-state index is 0.245. The first-order chi connectivity index (χ1) is 3.50. The maximum atomic E-state index is 10.6. The summed E-state index contributed by atoms with van der Waals surface area (Å²) in [6, 6.07) is 0. The van der Waals surface area contributed by atoms with E-state index in [1.54, 1.807) is 13.8 Å². The van der Waals surface area contributed by atoms with Gasteiger partial charge in [-0.25, -0.2) is 8.42 Å². The van der Waals surface area contributed by atoms with Crippen LogP contribution in [-0.4, -0.2) is 19.5 Å². The Morgan fingerprint density at radius 1 is 1.50 bits per heavy atom. The highest BCUT2D eigenvalue weighted by molar-refractivity contribution is 7.91. The van der Waals surface area contributed by atoms with Crippen LogP contribution in [0, 0.1) is 0 Å². The first-order valence-electron chi connectivity index (χ1n) is 2.42. The Kier molecular flexibility index (Phi) is 2.43. The first kappa shape index (κ1) is 7.91. The molecule has 0 unspecified atom stereocenters. The Morgan fingerprint density at radius 3 is 1.88 bits per heavy atom. The first-order valence-corrected chi connectivity index (χ1v) is 4.14. The summed E-state index contributed by atoms with van der Waals surface area (Å²) in [7, 11) is -2.96. The minimum Gasteiger partial charge on any atom is -0.318 e. The van der Waals surface area contributed by atoms with Gasteiger partial charge in [-0.1, -0.05) is 0 Å². The summed E-state index contributed by atoms with van der Waals surface area (Å²) >= 11 is 0. The van der Waals surface area contributed by atoms with Crippen LogP contribution in [0.4, 0.5) is 0 Å². The molecule has 0 heterocycles. The quantitative estimate of drug-likeness (QED) is 0.569. The van der Waals surface area contributed by atoms with Gasteiger partial charge < -0.3 is 5.73 Å². The van der Waals surface area contributed by atoms with E-state index in [0.717, 1.165) is 0 Å². The predicted molar refractivity (Wildman–Crippen MR) is 33.1 cm³/mol. The highest BCUT2D eigenvalue weighted by Crippen LogP contribution is 1.95. The number of rotatable bonds is 2. The molecule has 0 atom stereocenters. The molecule has 0 saturated carbocycles. The van der Waals surface area contributed by atoms with Crippen LogP contribution < -0.4 is 5.73 Å². The fourth-order valence-electron chi connectivity index (χ4n) is 0.192. The summed E-state index contributed by atoms with van der Waals surface area (Å²) in [5.74, 6) is -0.245. The lowest BCUT2D eigenvalue weighted by molar-refractivity contribution is 0.587. The van der Waals surface area contributed by atoms with Gasteiger partial charge >= 0.3 is 0 Å². The third kappa shape index (κ3) is 1.79. The van der Waals surface area contributed by atoms with Gasteiger partial charge in [0.25, 0.3) is 0 Å². The molecule has 0 fully saturated rings. The molecule has 0 aliphatic heterocycles. The largest absolute Gasteiger partial charge is 0.318 e. The van der Waals surface area contributed by atoms with Crippen LogP contribution in [0.15, 0.2) is 0 Å². The second-order valence-electron chi connectivity index (χ2n) is 1.88. The third-order valence-electron chi connectivity index (χ3n) is 0.951. The van der Waals surface area contributed by atoms with E-state index in [1.165, 1.54) is 0 Å². The van der Waals surface area contributed by atoms with Crippen LogP contribution in [0.3, 0.4) is 0 Å². The van der Waals surface area contributed by atoms with E-state index < -0.39 is 9.84 Å². The molecular formula is C4H11NO2S. The molecule has 0 amide bonds. The van der Waals surface area contributed by atoms with Gasteiger partial charge in [0.1, 0.15) is 0 Å². The number of hydrogen-bond donors (Lipinski definition) is 1. The minimum atomic E-state index is -2.96. The van der Waals surface area contributed by atoms with Crippen LogP contribution in [0.5, 0.6) is 0 Å². The van der Waals surface area contributed by atoms with Crippen LogP contribution in [-0.2, 0) is 9.84 Å². The van der Waals surface area contributed by atoms with Gasteiger partial charge in [0.15, 0.2) is 9.84 Å². The van der Waals surface area contributed by atoms with E-state index in [-0.39, 0.29) is 11.1 Å². The summed E-state index contributed by atoms with van der Waals surface area (Å²) in [4.78, 5) is 0. The summed E-state index contributed by atoms with van der Waals surface area (Å²) < 4.78 is 21.1. The lowest BCUT2D eigenvalue weighted by atomic mass is 10.6. The van der Waals surface area contributed by atoms with Gasteiger partial charge in [-0.15, -0.1) is 0 Å². The molecule has 0 aliphatic carbocycles. The van der Waals surface area contributed by atoms with Crippen LogP contribution >= 0.6 is 0 Å². The molecule has 0 spiro atoms. The Bertz CT molecular complexity index is 147. The highest BCUT2D eigenvalue weighted by atomic mass is 32.2. The van der Waals surface area contributed by atoms with E-state index in [9.17, 15) is 8.42 Å². The van der Waals surface area contributed by atoms with Gasteiger partial charge in [-0.05, 0) is 13.8 Å². The molecule has 3 nitrogen and oxygen atoms in total. The van der Waals surface area contributed by atoms with Crippen LogP contribution in [0.25, 0.3) is 0 Å². The van der Waals surface area contributed by atoms with Crippen molar-refractivity contribution < 1.29 is 8.42 Å². The van der Waals surface area contributed by atoms with Gasteiger partial charge in [-0.3, -0.25) is 0 Å². The molecule has 0 rings (SSSR count). The monoisotopic (exact) mass is 137 g/mol. The van der Waals surface area contributed by atoms with E-state index in [1.807, 2.05) is 0 Å². The summed E-state index contributed by atoms with van der Waals surface area (Å²) in [5.41, 5.74) is 4.92. The molecule has 0 radical (unpaired) electrons. The van der Waals surface area contributed by atoms with Crippen molar-refractivity contribution in [1.82, 2.24) is 0 Å². The standard InChI is InChI=1S/C4H11NO2S/c1-4(2)8(6,7)3-5/h4H,3,5H2,1-2H3. The maximum absolute atomic E-state index is 10.6. The van der Waals surface area contributed by atoms with Crippen molar-refractivity contribution in [3.8, 4) is 0 Å². The van der Waals surface area contributed by atoms with Crippen molar-refractivity contribution in [2.75, 3.05) is 5.88 Å². The SMILES string of the molecule is CC(C)S(=O)(=O)CN. The Labute approximate surface area is 49.8 Å². The summed E-state index contributed by atoms with van der Waals surface area (Å²) in [6.45, 7) is 3.23. The molecular weight excluding hydrogens is 126 g/mol. The molecule has 8 heavy (non-hydrogen) atoms. The second kappa shape index (κ2) is 2.46. The smallest absolute Gasteiger partial charge is 0.165 e.